The first-order valence-electron chi connectivity index (χ1n) is 4.88. The van der Waals surface area contributed by atoms with E-state index in [4.69, 9.17) is 15.2 Å². The molecule has 1 atom stereocenters. The van der Waals surface area contributed by atoms with E-state index in [9.17, 15) is 0 Å². The Hall–Kier alpha value is -0.900. The van der Waals surface area contributed by atoms with Crippen LogP contribution in [-0.4, -0.2) is 12.7 Å². The lowest BCUT2D eigenvalue weighted by atomic mass is 9.92. The normalized spacial score (nSPS) is 21.3. The highest BCUT2D eigenvalue weighted by atomic mass is 16.9. The zero-order valence-corrected chi connectivity index (χ0v) is 8.27. The van der Waals surface area contributed by atoms with Crippen LogP contribution < -0.4 is 5.73 Å². The molecule has 0 aromatic heterocycles. The molecule has 0 bridgehead atoms. The molecule has 0 radical (unpaired) electrons. The molecule has 2 N–H and O–H groups in total. The van der Waals surface area contributed by atoms with E-state index in [1.807, 2.05) is 30.3 Å². The van der Waals surface area contributed by atoms with E-state index in [0.717, 1.165) is 12.0 Å². The van der Waals surface area contributed by atoms with Crippen molar-refractivity contribution in [3.05, 3.63) is 35.9 Å². The van der Waals surface area contributed by atoms with Gasteiger partial charge in [-0.2, -0.15) is 0 Å². The Morgan fingerprint density at radius 2 is 2.00 bits per heavy atom. The molecule has 0 aliphatic carbocycles. The van der Waals surface area contributed by atoms with Crippen LogP contribution in [0.15, 0.2) is 30.3 Å². The number of nitrogens with two attached hydrogens (primary N) is 1. The first kappa shape index (κ1) is 9.65. The van der Waals surface area contributed by atoms with Crippen LogP contribution in [0.3, 0.4) is 0 Å². The van der Waals surface area contributed by atoms with Gasteiger partial charge >= 0.3 is 0 Å². The minimum atomic E-state index is -0.907. The number of hydrogen-bond donors (Lipinski definition) is 1. The zero-order chi connectivity index (χ0) is 10.0. The molecule has 14 heavy (non-hydrogen) atoms. The number of benzene rings is 1. The first-order valence-corrected chi connectivity index (χ1v) is 4.88. The van der Waals surface area contributed by atoms with Crippen LogP contribution in [0.2, 0.25) is 0 Å². The molecule has 0 amide bonds. The quantitative estimate of drug-likeness (QED) is 0.796. The Kier molecular flexibility index (Phi) is 2.54. The standard InChI is InChI=1S/C11H15NO2/c1-2-10(11(12)13-8-14-11)9-6-4-3-5-7-9/h3-7,10H,2,8,12H2,1H3. The van der Waals surface area contributed by atoms with Gasteiger partial charge in [0.1, 0.15) is 0 Å². The van der Waals surface area contributed by atoms with Gasteiger partial charge in [-0.3, -0.25) is 5.73 Å². The molecule has 0 saturated carbocycles. The third kappa shape index (κ3) is 1.54. The van der Waals surface area contributed by atoms with Crippen LogP contribution in [0, 0.1) is 0 Å². The summed E-state index contributed by atoms with van der Waals surface area (Å²) in [5.41, 5.74) is 7.11. The van der Waals surface area contributed by atoms with Crippen LogP contribution in [0.5, 0.6) is 0 Å². The van der Waals surface area contributed by atoms with Crippen molar-refractivity contribution in [2.24, 2.45) is 5.73 Å². The number of rotatable bonds is 3. The van der Waals surface area contributed by atoms with E-state index in [1.54, 1.807) is 0 Å². The van der Waals surface area contributed by atoms with Gasteiger partial charge < -0.3 is 9.47 Å². The van der Waals surface area contributed by atoms with Gasteiger partial charge in [0, 0.05) is 0 Å². The summed E-state index contributed by atoms with van der Waals surface area (Å²) in [6, 6.07) is 10.1. The molecule has 76 valence electrons. The van der Waals surface area contributed by atoms with E-state index in [-0.39, 0.29) is 5.92 Å². The molecule has 2 rings (SSSR count). The Bertz CT molecular complexity index is 295. The van der Waals surface area contributed by atoms with Crippen LogP contribution in [0.4, 0.5) is 0 Å². The molecule has 0 spiro atoms. The lowest BCUT2D eigenvalue weighted by Crippen LogP contribution is -2.58. The van der Waals surface area contributed by atoms with Crippen molar-refractivity contribution in [2.75, 3.05) is 6.79 Å². The topological polar surface area (TPSA) is 44.5 Å². The van der Waals surface area contributed by atoms with E-state index in [1.165, 1.54) is 0 Å². The van der Waals surface area contributed by atoms with Crippen molar-refractivity contribution in [3.8, 4) is 0 Å². The minimum Gasteiger partial charge on any atom is -0.310 e. The smallest absolute Gasteiger partial charge is 0.236 e. The Morgan fingerprint density at radius 1 is 1.36 bits per heavy atom. The van der Waals surface area contributed by atoms with Gasteiger partial charge in [0.2, 0.25) is 5.91 Å². The Balaban J connectivity index is 2.22. The molecule has 1 aromatic rings. The van der Waals surface area contributed by atoms with Crippen LogP contribution in [0.25, 0.3) is 0 Å². The predicted octanol–water partition coefficient (Wildman–Crippen LogP) is 1.80. The van der Waals surface area contributed by atoms with Crippen LogP contribution in [-0.2, 0) is 9.47 Å². The Morgan fingerprint density at radius 3 is 2.43 bits per heavy atom. The highest BCUT2D eigenvalue weighted by Crippen LogP contribution is 2.35. The van der Waals surface area contributed by atoms with E-state index < -0.39 is 5.91 Å². The van der Waals surface area contributed by atoms with Gasteiger partial charge in [-0.1, -0.05) is 37.3 Å². The molecule has 1 aromatic carbocycles. The molecule has 3 heteroatoms. The highest BCUT2D eigenvalue weighted by molar-refractivity contribution is 5.21. The van der Waals surface area contributed by atoms with Gasteiger partial charge in [0.05, 0.1) is 5.92 Å². The average molecular weight is 193 g/mol. The van der Waals surface area contributed by atoms with Crippen molar-refractivity contribution < 1.29 is 9.47 Å². The van der Waals surface area contributed by atoms with Crippen LogP contribution >= 0.6 is 0 Å². The molecule has 1 saturated heterocycles. The number of ether oxygens (including phenoxy) is 2. The fourth-order valence-corrected chi connectivity index (χ4v) is 1.83. The van der Waals surface area contributed by atoms with E-state index in [2.05, 4.69) is 6.92 Å². The lowest BCUT2D eigenvalue weighted by Gasteiger charge is -2.43. The van der Waals surface area contributed by atoms with Crippen LogP contribution in [0.1, 0.15) is 24.8 Å². The maximum absolute atomic E-state index is 5.95. The first-order chi connectivity index (χ1) is 6.76. The second-order valence-electron chi connectivity index (χ2n) is 3.50. The fourth-order valence-electron chi connectivity index (χ4n) is 1.83. The number of hydrogen-bond acceptors (Lipinski definition) is 3. The molecule has 1 fully saturated rings. The summed E-state index contributed by atoms with van der Waals surface area (Å²) in [4.78, 5) is 0. The highest BCUT2D eigenvalue weighted by Gasteiger charge is 2.43. The second-order valence-corrected chi connectivity index (χ2v) is 3.50. The maximum Gasteiger partial charge on any atom is 0.236 e. The van der Waals surface area contributed by atoms with Gasteiger partial charge in [0.15, 0.2) is 6.79 Å². The van der Waals surface area contributed by atoms with Crippen molar-refractivity contribution in [2.45, 2.75) is 25.2 Å². The van der Waals surface area contributed by atoms with Gasteiger partial charge in [-0.15, -0.1) is 0 Å². The van der Waals surface area contributed by atoms with E-state index in [0.29, 0.717) is 6.79 Å². The van der Waals surface area contributed by atoms with Gasteiger partial charge in [-0.05, 0) is 12.0 Å². The van der Waals surface area contributed by atoms with Crippen molar-refractivity contribution in [1.29, 1.82) is 0 Å². The summed E-state index contributed by atoms with van der Waals surface area (Å²) in [6.45, 7) is 2.39. The summed E-state index contributed by atoms with van der Waals surface area (Å²) in [7, 11) is 0. The average Bonchev–Trinajstić information content (AvgIpc) is 2.18. The molecular weight excluding hydrogens is 178 g/mol. The third-order valence-corrected chi connectivity index (χ3v) is 2.66. The maximum atomic E-state index is 5.95. The van der Waals surface area contributed by atoms with E-state index >= 15 is 0 Å². The Labute approximate surface area is 83.8 Å². The predicted molar refractivity (Wildman–Crippen MR) is 53.4 cm³/mol. The summed E-state index contributed by atoms with van der Waals surface area (Å²) in [6.07, 6.45) is 0.903. The summed E-state index contributed by atoms with van der Waals surface area (Å²) in [5, 5.41) is 0. The van der Waals surface area contributed by atoms with Gasteiger partial charge in [-0.25, -0.2) is 0 Å². The van der Waals surface area contributed by atoms with Crippen molar-refractivity contribution in [3.63, 3.8) is 0 Å². The summed E-state index contributed by atoms with van der Waals surface area (Å²) >= 11 is 0. The van der Waals surface area contributed by atoms with Crippen molar-refractivity contribution in [1.82, 2.24) is 0 Å². The molecule has 1 aliphatic heterocycles. The molecule has 1 unspecified atom stereocenters. The molecule has 3 nitrogen and oxygen atoms in total. The molecular formula is C11H15NO2. The summed E-state index contributed by atoms with van der Waals surface area (Å²) in [5.74, 6) is -0.798. The molecule has 1 heterocycles. The fraction of sp³-hybridized carbons (Fsp3) is 0.455. The SMILES string of the molecule is CCC(c1ccccc1)C1(N)OCO1. The minimum absolute atomic E-state index is 0.109. The monoisotopic (exact) mass is 193 g/mol. The van der Waals surface area contributed by atoms with Crippen molar-refractivity contribution >= 4 is 0 Å². The largest absolute Gasteiger partial charge is 0.310 e. The summed E-state index contributed by atoms with van der Waals surface area (Å²) < 4.78 is 10.6. The lowest BCUT2D eigenvalue weighted by molar-refractivity contribution is -0.405. The molecule has 1 aliphatic rings. The second kappa shape index (κ2) is 3.69. The van der Waals surface area contributed by atoms with Gasteiger partial charge in [0.25, 0.3) is 0 Å². The third-order valence-electron chi connectivity index (χ3n) is 2.66. The zero-order valence-electron chi connectivity index (χ0n) is 8.27.